The number of rotatable bonds is 2. The molecule has 5 nitrogen and oxygen atoms in total. The Labute approximate surface area is 267 Å². The highest BCUT2D eigenvalue weighted by molar-refractivity contribution is 6.22. The van der Waals surface area contributed by atoms with Crippen molar-refractivity contribution in [2.75, 3.05) is 0 Å². The van der Waals surface area contributed by atoms with Crippen molar-refractivity contribution < 1.29 is 0 Å². The zero-order chi connectivity index (χ0) is 30.8. The summed E-state index contributed by atoms with van der Waals surface area (Å²) in [5.41, 5.74) is 11.7. The largest absolute Gasteiger partial charge is 0.309 e. The molecule has 7 aromatic carbocycles. The Balaban J connectivity index is 1.30. The summed E-state index contributed by atoms with van der Waals surface area (Å²) >= 11 is 0. The van der Waals surface area contributed by atoms with E-state index in [1.165, 1.54) is 33.0 Å². The molecule has 11 rings (SSSR count). The number of nitrogens with zero attached hydrogens (tertiary/aromatic N) is 4. The van der Waals surface area contributed by atoms with E-state index < -0.39 is 0 Å². The molecule has 0 N–H and O–H groups in total. The summed E-state index contributed by atoms with van der Waals surface area (Å²) in [6.07, 6.45) is 0. The van der Waals surface area contributed by atoms with Gasteiger partial charge in [0.05, 0.1) is 33.1 Å². The van der Waals surface area contributed by atoms with Crippen LogP contribution in [0.15, 0.2) is 150 Å². The van der Waals surface area contributed by atoms with E-state index in [1.54, 1.807) is 4.40 Å². The van der Waals surface area contributed by atoms with E-state index in [4.69, 9.17) is 4.98 Å². The van der Waals surface area contributed by atoms with Crippen molar-refractivity contribution in [1.82, 2.24) is 18.5 Å². The Hall–Kier alpha value is -6.46. The third kappa shape index (κ3) is 3.08. The molecule has 0 saturated heterocycles. The van der Waals surface area contributed by atoms with Gasteiger partial charge in [-0.05, 0) is 76.2 Å². The van der Waals surface area contributed by atoms with Crippen LogP contribution in [0.25, 0.3) is 93.9 Å². The number of hydrogen-bond donors (Lipinski definition) is 0. The second-order valence-corrected chi connectivity index (χ2v) is 12.3. The minimum absolute atomic E-state index is 0.0690. The molecule has 0 spiro atoms. The zero-order valence-electron chi connectivity index (χ0n) is 25.1. The van der Waals surface area contributed by atoms with Gasteiger partial charge in [-0.1, -0.05) is 97.1 Å². The highest BCUT2D eigenvalue weighted by Crippen LogP contribution is 2.49. The first kappa shape index (κ1) is 24.8. The maximum absolute atomic E-state index is 14.2. The van der Waals surface area contributed by atoms with Crippen LogP contribution < -0.4 is 5.56 Å². The van der Waals surface area contributed by atoms with E-state index in [2.05, 4.69) is 112 Å². The first-order valence-corrected chi connectivity index (χ1v) is 15.9. The van der Waals surface area contributed by atoms with Crippen LogP contribution in [-0.2, 0) is 0 Å². The molecule has 0 amide bonds. The molecule has 47 heavy (non-hydrogen) atoms. The number of hydrogen-bond acceptors (Lipinski definition) is 2. The first-order valence-electron chi connectivity index (χ1n) is 15.9. The molecular weight excluding hydrogens is 576 g/mol. The summed E-state index contributed by atoms with van der Waals surface area (Å²) in [7, 11) is 0. The zero-order valence-corrected chi connectivity index (χ0v) is 25.1. The molecule has 0 fully saturated rings. The van der Waals surface area contributed by atoms with Gasteiger partial charge >= 0.3 is 0 Å². The minimum Gasteiger partial charge on any atom is -0.309 e. The Bertz CT molecular complexity index is 3010. The average Bonchev–Trinajstić information content (AvgIpc) is 3.78. The van der Waals surface area contributed by atoms with Crippen LogP contribution in [0.5, 0.6) is 0 Å². The predicted molar refractivity (Wildman–Crippen MR) is 192 cm³/mol. The molecule has 3 aromatic heterocycles. The van der Waals surface area contributed by atoms with Gasteiger partial charge in [0.1, 0.15) is 5.52 Å². The summed E-state index contributed by atoms with van der Waals surface area (Å²) < 4.78 is 6.26. The van der Waals surface area contributed by atoms with E-state index in [1.807, 2.05) is 42.5 Å². The number of benzene rings is 7. The molecule has 0 saturated carbocycles. The smallest absolute Gasteiger partial charge is 0.267 e. The van der Waals surface area contributed by atoms with Gasteiger partial charge in [0.25, 0.3) is 5.56 Å². The third-order valence-electron chi connectivity index (χ3n) is 10.0. The fraction of sp³-hybridized carbons (Fsp3) is 0. The lowest BCUT2D eigenvalue weighted by atomic mass is 10.0. The molecular formula is C42H24N4O. The lowest BCUT2D eigenvalue weighted by Gasteiger charge is -2.13. The van der Waals surface area contributed by atoms with Crippen molar-refractivity contribution >= 4 is 60.3 Å². The summed E-state index contributed by atoms with van der Waals surface area (Å²) in [5.74, 6) is 0.599. The van der Waals surface area contributed by atoms with Crippen LogP contribution in [0.3, 0.4) is 0 Å². The minimum atomic E-state index is -0.0690. The van der Waals surface area contributed by atoms with Crippen molar-refractivity contribution in [2.45, 2.75) is 0 Å². The average molecular weight is 601 g/mol. The lowest BCUT2D eigenvalue weighted by Crippen LogP contribution is -2.18. The van der Waals surface area contributed by atoms with Gasteiger partial charge in [0, 0.05) is 21.8 Å². The van der Waals surface area contributed by atoms with Crippen LogP contribution in [-0.4, -0.2) is 18.5 Å². The second-order valence-electron chi connectivity index (χ2n) is 12.3. The predicted octanol–water partition coefficient (Wildman–Crippen LogP) is 9.69. The molecule has 1 aliphatic rings. The molecule has 10 aromatic rings. The monoisotopic (exact) mass is 600 g/mol. The van der Waals surface area contributed by atoms with Crippen molar-refractivity contribution in [3.8, 4) is 33.6 Å². The molecule has 0 unspecified atom stereocenters. The van der Waals surface area contributed by atoms with Crippen LogP contribution in [0.4, 0.5) is 0 Å². The van der Waals surface area contributed by atoms with Gasteiger partial charge in [-0.2, -0.15) is 0 Å². The molecule has 0 bridgehead atoms. The molecule has 3 heterocycles. The third-order valence-corrected chi connectivity index (χ3v) is 10.0. The highest BCUT2D eigenvalue weighted by atomic mass is 16.1. The van der Waals surface area contributed by atoms with Crippen molar-refractivity contribution in [3.63, 3.8) is 0 Å². The number of imidazole rings is 1. The Morgan fingerprint density at radius 2 is 1.04 bits per heavy atom. The number of para-hydroxylation sites is 3. The highest BCUT2D eigenvalue weighted by Gasteiger charge is 2.25. The van der Waals surface area contributed by atoms with Gasteiger partial charge in [0.15, 0.2) is 0 Å². The van der Waals surface area contributed by atoms with Crippen LogP contribution in [0, 0.1) is 0 Å². The van der Waals surface area contributed by atoms with Gasteiger partial charge in [0.2, 0.25) is 5.78 Å². The van der Waals surface area contributed by atoms with Crippen LogP contribution >= 0.6 is 0 Å². The molecule has 5 heteroatoms. The molecule has 1 aliphatic carbocycles. The Morgan fingerprint density at radius 3 is 1.85 bits per heavy atom. The summed E-state index contributed by atoms with van der Waals surface area (Å²) in [6.45, 7) is 0. The van der Waals surface area contributed by atoms with E-state index >= 15 is 0 Å². The van der Waals surface area contributed by atoms with E-state index in [0.717, 1.165) is 49.7 Å². The summed E-state index contributed by atoms with van der Waals surface area (Å²) in [5, 5.41) is 5.30. The summed E-state index contributed by atoms with van der Waals surface area (Å²) in [6, 6.07) is 50.6. The van der Waals surface area contributed by atoms with Gasteiger partial charge in [-0.25, -0.2) is 9.38 Å². The Kier molecular flexibility index (Phi) is 4.66. The topological polar surface area (TPSA) is 44.2 Å². The van der Waals surface area contributed by atoms with Crippen molar-refractivity contribution in [1.29, 1.82) is 0 Å². The first-order chi connectivity index (χ1) is 23.3. The maximum atomic E-state index is 14.2. The van der Waals surface area contributed by atoms with Crippen molar-refractivity contribution in [2.24, 2.45) is 0 Å². The van der Waals surface area contributed by atoms with Crippen molar-refractivity contribution in [3.05, 3.63) is 156 Å². The quantitative estimate of drug-likeness (QED) is 0.198. The Morgan fingerprint density at radius 1 is 0.426 bits per heavy atom. The standard InChI is InChI=1S/C42H24N4O/c47-41-32-16-7-9-20-34(32)44(25-11-2-1-3-12-25)42-43-40-37(46(41)42)24-23-36-39(40)31-15-6-8-19-33(31)45(36)35-22-21-29-27-14-5-4-13-26(27)28-17-10-18-30(35)38(28)29/h1-24H. The van der Waals surface area contributed by atoms with E-state index in [9.17, 15) is 4.79 Å². The number of fused-ring (bicyclic) bond motifs is 11. The lowest BCUT2D eigenvalue weighted by molar-refractivity contribution is 1.02. The normalized spacial score (nSPS) is 12.3. The second kappa shape index (κ2) is 8.83. The van der Waals surface area contributed by atoms with E-state index in [0.29, 0.717) is 11.2 Å². The fourth-order valence-corrected chi connectivity index (χ4v) is 8.09. The van der Waals surface area contributed by atoms with E-state index in [-0.39, 0.29) is 5.56 Å². The molecule has 0 aliphatic heterocycles. The molecule has 0 atom stereocenters. The summed E-state index contributed by atoms with van der Waals surface area (Å²) in [4.78, 5) is 19.5. The van der Waals surface area contributed by atoms with Gasteiger partial charge in [-0.15, -0.1) is 0 Å². The molecule has 0 radical (unpaired) electrons. The van der Waals surface area contributed by atoms with Crippen LogP contribution in [0.2, 0.25) is 0 Å². The number of aromatic nitrogens is 4. The molecule has 218 valence electrons. The van der Waals surface area contributed by atoms with Crippen LogP contribution in [0.1, 0.15) is 0 Å². The SMILES string of the molecule is O=c1c2ccccc2n(-c2ccccc2)c2nc3c4c5ccccc5n(-c5ccc6c7c(cccc57)-c5ccccc5-6)c4ccc3n12. The van der Waals surface area contributed by atoms with Gasteiger partial charge < -0.3 is 4.57 Å². The van der Waals surface area contributed by atoms with Gasteiger partial charge in [-0.3, -0.25) is 9.36 Å². The fourth-order valence-electron chi connectivity index (χ4n) is 8.09. The maximum Gasteiger partial charge on any atom is 0.267 e.